The molecule has 0 fully saturated rings. The molecule has 1 aromatic heterocycles. The molecule has 0 radical (unpaired) electrons. The van der Waals surface area contributed by atoms with Crippen LogP contribution in [-0.2, 0) is 11.3 Å². The summed E-state index contributed by atoms with van der Waals surface area (Å²) in [5.41, 5.74) is 11.0. The van der Waals surface area contributed by atoms with Crippen LogP contribution in [0.25, 0.3) is 33.9 Å². The van der Waals surface area contributed by atoms with E-state index in [1.54, 1.807) is 0 Å². The molecule has 5 rings (SSSR count). The number of benzene rings is 4. The Morgan fingerprint density at radius 2 is 1.33 bits per heavy atom. The van der Waals surface area contributed by atoms with Gasteiger partial charge in [-0.15, -0.1) is 0 Å². The molecule has 0 aliphatic rings. The average molecular weight is 559 g/mol. The number of imidazole rings is 1. The summed E-state index contributed by atoms with van der Waals surface area (Å²) in [4.78, 5) is 21.1. The highest BCUT2D eigenvalue weighted by Gasteiger charge is 2.23. The zero-order valence-corrected chi connectivity index (χ0v) is 25.1. The van der Waals surface area contributed by atoms with E-state index in [2.05, 4.69) is 104 Å². The smallest absolute Gasteiger partial charge is 0.211 e. The summed E-state index contributed by atoms with van der Waals surface area (Å²) in [5, 5.41) is 6.17. The van der Waals surface area contributed by atoms with Crippen molar-refractivity contribution in [3.05, 3.63) is 102 Å². The maximum atomic E-state index is 11.5. The quantitative estimate of drug-likeness (QED) is 0.181. The Morgan fingerprint density at radius 1 is 0.762 bits per heavy atom. The first-order valence-electron chi connectivity index (χ1n) is 14.0. The molecule has 42 heavy (non-hydrogen) atoms. The van der Waals surface area contributed by atoms with Gasteiger partial charge < -0.3 is 25.0 Å². The van der Waals surface area contributed by atoms with E-state index in [-0.39, 0.29) is 0 Å². The number of carbonyl (C=O) groups is 1. The standard InChI is InChI=1S/C35H38N6O/c1-24-31(36-2)20-28(21-32(24)37-23-42)35-38-33(26-12-16-29(17-13-26)39(3)4)34(27-14-18-30(19-15-27)40(5)6)41(35)22-25-10-8-7-9-11-25/h7-21,23,36H,22H2,1-6H3,(H,37,42). The first kappa shape index (κ1) is 28.5. The van der Waals surface area contributed by atoms with E-state index < -0.39 is 0 Å². The number of rotatable bonds is 10. The van der Waals surface area contributed by atoms with Crippen molar-refractivity contribution in [2.45, 2.75) is 13.5 Å². The van der Waals surface area contributed by atoms with Crippen molar-refractivity contribution in [2.24, 2.45) is 0 Å². The normalized spacial score (nSPS) is 10.8. The number of nitrogens with one attached hydrogen (secondary N) is 2. The van der Waals surface area contributed by atoms with Gasteiger partial charge in [-0.2, -0.15) is 0 Å². The molecular formula is C35H38N6O. The van der Waals surface area contributed by atoms with Crippen LogP contribution in [0.3, 0.4) is 0 Å². The summed E-state index contributed by atoms with van der Waals surface area (Å²) in [6, 6.07) is 31.7. The molecule has 7 heteroatoms. The fraction of sp³-hybridized carbons (Fsp3) is 0.200. The van der Waals surface area contributed by atoms with Gasteiger partial charge in [-0.25, -0.2) is 4.98 Å². The Kier molecular flexibility index (Phi) is 8.29. The molecule has 0 aliphatic carbocycles. The van der Waals surface area contributed by atoms with Crippen molar-refractivity contribution in [2.75, 3.05) is 55.7 Å². The number of anilines is 4. The van der Waals surface area contributed by atoms with Crippen LogP contribution >= 0.6 is 0 Å². The lowest BCUT2D eigenvalue weighted by atomic mass is 10.0. The number of nitrogens with zero attached hydrogens (tertiary/aromatic N) is 4. The maximum absolute atomic E-state index is 11.5. The number of carbonyl (C=O) groups excluding carboxylic acids is 1. The minimum Gasteiger partial charge on any atom is -0.388 e. The third-order valence-corrected chi connectivity index (χ3v) is 7.62. The summed E-state index contributed by atoms with van der Waals surface area (Å²) in [7, 11) is 10.1. The van der Waals surface area contributed by atoms with Crippen molar-refractivity contribution in [3.8, 4) is 33.9 Å². The van der Waals surface area contributed by atoms with Gasteiger partial charge in [-0.1, -0.05) is 54.6 Å². The topological polar surface area (TPSA) is 65.4 Å². The summed E-state index contributed by atoms with van der Waals surface area (Å²) in [6.45, 7) is 2.62. The van der Waals surface area contributed by atoms with Crippen LogP contribution in [0.1, 0.15) is 11.1 Å². The first-order valence-corrected chi connectivity index (χ1v) is 14.0. The second-order valence-corrected chi connectivity index (χ2v) is 10.8. The fourth-order valence-electron chi connectivity index (χ4n) is 5.24. The molecule has 4 aromatic carbocycles. The van der Waals surface area contributed by atoms with E-state index in [9.17, 15) is 4.79 Å². The number of amides is 1. The molecule has 0 bridgehead atoms. The second-order valence-electron chi connectivity index (χ2n) is 10.8. The van der Waals surface area contributed by atoms with Gasteiger partial charge in [0, 0.05) is 81.2 Å². The highest BCUT2D eigenvalue weighted by molar-refractivity contribution is 5.86. The molecule has 0 spiro atoms. The van der Waals surface area contributed by atoms with E-state index in [4.69, 9.17) is 4.98 Å². The predicted octanol–water partition coefficient (Wildman–Crippen LogP) is 6.98. The molecule has 2 N–H and O–H groups in total. The molecule has 214 valence electrons. The SMILES string of the molecule is CNc1cc(-c2nc(-c3ccc(N(C)C)cc3)c(-c3ccc(N(C)C)cc3)n2Cc2ccccc2)cc(NC=O)c1C. The summed E-state index contributed by atoms with van der Waals surface area (Å²) in [6.07, 6.45) is 0.720. The van der Waals surface area contributed by atoms with Gasteiger partial charge in [-0.3, -0.25) is 4.79 Å². The lowest BCUT2D eigenvalue weighted by Crippen LogP contribution is -2.08. The lowest BCUT2D eigenvalue weighted by molar-refractivity contribution is -0.105. The van der Waals surface area contributed by atoms with Crippen LogP contribution in [0.15, 0.2) is 91.0 Å². The Labute approximate surface area is 248 Å². The van der Waals surface area contributed by atoms with Crippen LogP contribution in [0, 0.1) is 6.92 Å². The minimum absolute atomic E-state index is 0.628. The fourth-order valence-corrected chi connectivity index (χ4v) is 5.24. The van der Waals surface area contributed by atoms with Crippen molar-refractivity contribution < 1.29 is 4.79 Å². The highest BCUT2D eigenvalue weighted by Crippen LogP contribution is 2.40. The average Bonchev–Trinajstić information content (AvgIpc) is 3.37. The molecule has 1 heterocycles. The van der Waals surface area contributed by atoms with Gasteiger partial charge in [0.15, 0.2) is 0 Å². The zero-order valence-electron chi connectivity index (χ0n) is 25.1. The molecule has 0 saturated carbocycles. The third kappa shape index (κ3) is 5.72. The Bertz CT molecular complexity index is 1670. The molecule has 0 atom stereocenters. The molecule has 0 saturated heterocycles. The third-order valence-electron chi connectivity index (χ3n) is 7.62. The lowest BCUT2D eigenvalue weighted by Gasteiger charge is -2.17. The van der Waals surface area contributed by atoms with Crippen molar-refractivity contribution >= 4 is 29.2 Å². The number of aromatic nitrogens is 2. The molecule has 7 nitrogen and oxygen atoms in total. The largest absolute Gasteiger partial charge is 0.388 e. The van der Waals surface area contributed by atoms with Crippen molar-refractivity contribution in [3.63, 3.8) is 0 Å². The van der Waals surface area contributed by atoms with Crippen LogP contribution in [-0.4, -0.2) is 51.2 Å². The van der Waals surface area contributed by atoms with Crippen molar-refractivity contribution in [1.29, 1.82) is 0 Å². The van der Waals surface area contributed by atoms with Gasteiger partial charge >= 0.3 is 0 Å². The monoisotopic (exact) mass is 558 g/mol. The molecule has 0 unspecified atom stereocenters. The van der Waals surface area contributed by atoms with E-state index >= 15 is 0 Å². The van der Waals surface area contributed by atoms with Crippen LogP contribution in [0.2, 0.25) is 0 Å². The molecular weight excluding hydrogens is 520 g/mol. The molecule has 5 aromatic rings. The van der Waals surface area contributed by atoms with E-state index in [1.807, 2.05) is 54.3 Å². The summed E-state index contributed by atoms with van der Waals surface area (Å²) >= 11 is 0. The molecule has 0 aliphatic heterocycles. The first-order chi connectivity index (χ1) is 20.3. The van der Waals surface area contributed by atoms with E-state index in [0.717, 1.165) is 68.6 Å². The zero-order chi connectivity index (χ0) is 29.8. The van der Waals surface area contributed by atoms with Gasteiger partial charge in [0.2, 0.25) is 6.41 Å². The van der Waals surface area contributed by atoms with Gasteiger partial charge in [-0.05, 0) is 54.4 Å². The molecule has 1 amide bonds. The summed E-state index contributed by atoms with van der Waals surface area (Å²) < 4.78 is 2.30. The van der Waals surface area contributed by atoms with E-state index in [1.165, 1.54) is 5.56 Å². The number of hydrogen-bond acceptors (Lipinski definition) is 5. The van der Waals surface area contributed by atoms with Gasteiger partial charge in [0.25, 0.3) is 0 Å². The van der Waals surface area contributed by atoms with Crippen LogP contribution in [0.4, 0.5) is 22.7 Å². The highest BCUT2D eigenvalue weighted by atomic mass is 16.1. The van der Waals surface area contributed by atoms with Gasteiger partial charge in [0.05, 0.1) is 11.4 Å². The predicted molar refractivity (Wildman–Crippen MR) is 177 cm³/mol. The Morgan fingerprint density at radius 3 is 1.88 bits per heavy atom. The summed E-state index contributed by atoms with van der Waals surface area (Å²) in [5.74, 6) is 0.822. The van der Waals surface area contributed by atoms with Gasteiger partial charge in [0.1, 0.15) is 5.82 Å². The second kappa shape index (κ2) is 12.2. The van der Waals surface area contributed by atoms with Crippen molar-refractivity contribution in [1.82, 2.24) is 9.55 Å². The van der Waals surface area contributed by atoms with E-state index in [0.29, 0.717) is 6.54 Å². The Hall–Kier alpha value is -5.04. The Balaban J connectivity index is 1.82. The minimum atomic E-state index is 0.628. The van der Waals surface area contributed by atoms with Crippen LogP contribution in [0.5, 0.6) is 0 Å². The van der Waals surface area contributed by atoms with Crippen LogP contribution < -0.4 is 20.4 Å². The number of hydrogen-bond donors (Lipinski definition) is 2. The maximum Gasteiger partial charge on any atom is 0.211 e.